The lowest BCUT2D eigenvalue weighted by atomic mass is 9.95. The first-order valence-electron chi connectivity index (χ1n) is 5.60. The zero-order chi connectivity index (χ0) is 11.7. The molecule has 1 aliphatic rings. The van der Waals surface area contributed by atoms with Gasteiger partial charge < -0.3 is 10.6 Å². The standard InChI is InChI=1S/C11H17ClN4/c1-7(2)8-3-4-16(5-8)11-9(13)10(12)14-6-15-11/h6-8H,3-5,13H2,1-2H3. The number of hydrogen-bond donors (Lipinski definition) is 1. The van der Waals surface area contributed by atoms with Gasteiger partial charge >= 0.3 is 0 Å². The third-order valence-electron chi connectivity index (χ3n) is 3.28. The van der Waals surface area contributed by atoms with Crippen LogP contribution in [0.2, 0.25) is 5.15 Å². The van der Waals surface area contributed by atoms with Gasteiger partial charge in [0.05, 0.1) is 0 Å². The molecule has 0 spiro atoms. The second-order valence-electron chi connectivity index (χ2n) is 4.64. The number of nitrogen functional groups attached to an aromatic ring is 1. The van der Waals surface area contributed by atoms with E-state index in [1.54, 1.807) is 0 Å². The monoisotopic (exact) mass is 240 g/mol. The van der Waals surface area contributed by atoms with Gasteiger partial charge in [0.2, 0.25) is 0 Å². The Hall–Kier alpha value is -1.03. The third-order valence-corrected chi connectivity index (χ3v) is 3.58. The molecular weight excluding hydrogens is 224 g/mol. The van der Waals surface area contributed by atoms with Gasteiger partial charge in [0, 0.05) is 13.1 Å². The van der Waals surface area contributed by atoms with Gasteiger partial charge in [-0.3, -0.25) is 0 Å². The van der Waals surface area contributed by atoms with Crippen LogP contribution in [0, 0.1) is 11.8 Å². The van der Waals surface area contributed by atoms with Crippen LogP contribution in [0.15, 0.2) is 6.33 Å². The Labute approximate surface area is 101 Å². The summed E-state index contributed by atoms with van der Waals surface area (Å²) < 4.78 is 0. The Morgan fingerprint density at radius 2 is 2.25 bits per heavy atom. The van der Waals surface area contributed by atoms with Crippen molar-refractivity contribution in [3.8, 4) is 0 Å². The lowest BCUT2D eigenvalue weighted by Crippen LogP contribution is -2.23. The second-order valence-corrected chi connectivity index (χ2v) is 5.00. The summed E-state index contributed by atoms with van der Waals surface area (Å²) in [5.41, 5.74) is 6.38. The highest BCUT2D eigenvalue weighted by Gasteiger charge is 2.27. The van der Waals surface area contributed by atoms with Gasteiger partial charge in [0.15, 0.2) is 11.0 Å². The molecule has 0 saturated carbocycles. The van der Waals surface area contributed by atoms with Crippen LogP contribution in [0.1, 0.15) is 20.3 Å². The summed E-state index contributed by atoms with van der Waals surface area (Å²) in [6, 6.07) is 0. The number of halogens is 1. The zero-order valence-corrected chi connectivity index (χ0v) is 10.4. The highest BCUT2D eigenvalue weighted by atomic mass is 35.5. The molecule has 0 aromatic carbocycles. The number of anilines is 2. The summed E-state index contributed by atoms with van der Waals surface area (Å²) in [6.45, 7) is 6.52. The van der Waals surface area contributed by atoms with Crippen molar-refractivity contribution in [2.24, 2.45) is 11.8 Å². The van der Waals surface area contributed by atoms with Crippen LogP contribution >= 0.6 is 11.6 Å². The normalized spacial score (nSPS) is 20.8. The van der Waals surface area contributed by atoms with E-state index < -0.39 is 0 Å². The maximum absolute atomic E-state index is 5.89. The first kappa shape index (κ1) is 11.5. The first-order valence-corrected chi connectivity index (χ1v) is 5.98. The van der Waals surface area contributed by atoms with Crippen molar-refractivity contribution in [3.05, 3.63) is 11.5 Å². The lowest BCUT2D eigenvalue weighted by molar-refractivity contribution is 0.422. The molecule has 1 fully saturated rings. The molecule has 2 heterocycles. The van der Waals surface area contributed by atoms with Crippen molar-refractivity contribution in [2.75, 3.05) is 23.7 Å². The molecule has 0 bridgehead atoms. The van der Waals surface area contributed by atoms with Crippen LogP contribution < -0.4 is 10.6 Å². The number of nitrogens with zero attached hydrogens (tertiary/aromatic N) is 3. The summed E-state index contributed by atoms with van der Waals surface area (Å²) >= 11 is 5.89. The van der Waals surface area contributed by atoms with Gasteiger partial charge in [-0.2, -0.15) is 0 Å². The quantitative estimate of drug-likeness (QED) is 0.806. The van der Waals surface area contributed by atoms with E-state index >= 15 is 0 Å². The van der Waals surface area contributed by atoms with Gasteiger partial charge in [-0.1, -0.05) is 25.4 Å². The van der Waals surface area contributed by atoms with E-state index in [9.17, 15) is 0 Å². The minimum atomic E-state index is 0.345. The smallest absolute Gasteiger partial charge is 0.157 e. The van der Waals surface area contributed by atoms with Crippen molar-refractivity contribution >= 4 is 23.1 Å². The average molecular weight is 241 g/mol. The largest absolute Gasteiger partial charge is 0.393 e. The van der Waals surface area contributed by atoms with E-state index in [1.807, 2.05) is 0 Å². The molecule has 2 rings (SSSR count). The average Bonchev–Trinajstić information content (AvgIpc) is 2.71. The molecule has 0 amide bonds. The van der Waals surface area contributed by atoms with Crippen LogP contribution in [-0.4, -0.2) is 23.1 Å². The predicted octanol–water partition coefficient (Wildman–Crippen LogP) is 2.19. The maximum atomic E-state index is 5.89. The van der Waals surface area contributed by atoms with Gasteiger partial charge in [-0.05, 0) is 18.3 Å². The highest BCUT2D eigenvalue weighted by molar-refractivity contribution is 6.32. The molecule has 0 radical (unpaired) electrons. The third kappa shape index (κ3) is 2.07. The van der Waals surface area contributed by atoms with Crippen molar-refractivity contribution in [2.45, 2.75) is 20.3 Å². The van der Waals surface area contributed by atoms with Crippen LogP contribution in [0.25, 0.3) is 0 Å². The summed E-state index contributed by atoms with van der Waals surface area (Å²) in [7, 11) is 0. The fourth-order valence-corrected chi connectivity index (χ4v) is 2.27. The van der Waals surface area contributed by atoms with Crippen molar-refractivity contribution < 1.29 is 0 Å². The van der Waals surface area contributed by atoms with Gasteiger partial charge in [0.25, 0.3) is 0 Å². The van der Waals surface area contributed by atoms with E-state index in [0.29, 0.717) is 22.7 Å². The highest BCUT2D eigenvalue weighted by Crippen LogP contribution is 2.32. The Bertz CT molecular complexity index is 380. The minimum Gasteiger partial charge on any atom is -0.393 e. The maximum Gasteiger partial charge on any atom is 0.157 e. The number of hydrogen-bond acceptors (Lipinski definition) is 4. The Morgan fingerprint density at radius 3 is 2.88 bits per heavy atom. The van der Waals surface area contributed by atoms with Gasteiger partial charge in [-0.15, -0.1) is 0 Å². The molecule has 4 nitrogen and oxygen atoms in total. The molecule has 5 heteroatoms. The predicted molar refractivity (Wildman–Crippen MR) is 66.6 cm³/mol. The van der Waals surface area contributed by atoms with E-state index in [1.165, 1.54) is 12.7 Å². The van der Waals surface area contributed by atoms with E-state index in [0.717, 1.165) is 18.9 Å². The van der Waals surface area contributed by atoms with Crippen LogP contribution in [0.4, 0.5) is 11.5 Å². The Morgan fingerprint density at radius 1 is 1.50 bits per heavy atom. The van der Waals surface area contributed by atoms with Crippen molar-refractivity contribution in [1.29, 1.82) is 0 Å². The summed E-state index contributed by atoms with van der Waals surface area (Å²) in [6.07, 6.45) is 2.66. The van der Waals surface area contributed by atoms with Crippen molar-refractivity contribution in [3.63, 3.8) is 0 Å². The SMILES string of the molecule is CC(C)C1CCN(c2ncnc(Cl)c2N)C1. The fourth-order valence-electron chi connectivity index (χ4n) is 2.14. The molecule has 1 saturated heterocycles. The number of nitrogens with two attached hydrogens (primary N) is 1. The fraction of sp³-hybridized carbons (Fsp3) is 0.636. The Balaban J connectivity index is 2.17. The molecule has 1 aromatic rings. The molecule has 1 aliphatic heterocycles. The van der Waals surface area contributed by atoms with Gasteiger partial charge in [-0.25, -0.2) is 9.97 Å². The molecule has 1 aromatic heterocycles. The lowest BCUT2D eigenvalue weighted by Gasteiger charge is -2.20. The van der Waals surface area contributed by atoms with E-state index in [4.69, 9.17) is 17.3 Å². The minimum absolute atomic E-state index is 0.345. The summed E-state index contributed by atoms with van der Waals surface area (Å²) in [5, 5.41) is 0.345. The zero-order valence-electron chi connectivity index (χ0n) is 9.65. The van der Waals surface area contributed by atoms with E-state index in [-0.39, 0.29) is 0 Å². The van der Waals surface area contributed by atoms with Crippen LogP contribution in [0.5, 0.6) is 0 Å². The Kier molecular flexibility index (Phi) is 3.19. The second kappa shape index (κ2) is 4.45. The van der Waals surface area contributed by atoms with E-state index in [2.05, 4.69) is 28.7 Å². The summed E-state index contributed by atoms with van der Waals surface area (Å²) in [4.78, 5) is 10.3. The number of aromatic nitrogens is 2. The topological polar surface area (TPSA) is 55.0 Å². The molecule has 2 N–H and O–H groups in total. The van der Waals surface area contributed by atoms with Crippen LogP contribution in [-0.2, 0) is 0 Å². The summed E-state index contributed by atoms with van der Waals surface area (Å²) in [5.74, 6) is 2.19. The molecule has 88 valence electrons. The van der Waals surface area contributed by atoms with Gasteiger partial charge in [0.1, 0.15) is 12.0 Å². The molecule has 1 atom stereocenters. The van der Waals surface area contributed by atoms with Crippen molar-refractivity contribution in [1.82, 2.24) is 9.97 Å². The van der Waals surface area contributed by atoms with Crippen LogP contribution in [0.3, 0.4) is 0 Å². The molecular formula is C11H17ClN4. The first-order chi connectivity index (χ1) is 7.59. The molecule has 1 unspecified atom stereocenters. The molecule has 16 heavy (non-hydrogen) atoms. The number of rotatable bonds is 2. The molecule has 0 aliphatic carbocycles.